The SMILES string of the molecule is CN(CCOc1ccccc1F)C(=O)Cn1cnc2cc(F)ccc2c1=O. The van der Waals surface area contributed by atoms with Crippen molar-refractivity contribution in [2.75, 3.05) is 20.2 Å². The Hall–Kier alpha value is -3.29. The van der Waals surface area contributed by atoms with Gasteiger partial charge in [0.15, 0.2) is 11.6 Å². The minimum Gasteiger partial charge on any atom is -0.489 e. The number of likely N-dealkylation sites (N-methyl/N-ethyl adjacent to an activating group) is 1. The maximum absolute atomic E-state index is 13.5. The number of fused-ring (bicyclic) bond motifs is 1. The number of hydrogen-bond donors (Lipinski definition) is 0. The number of hydrogen-bond acceptors (Lipinski definition) is 4. The quantitative estimate of drug-likeness (QED) is 0.665. The topological polar surface area (TPSA) is 64.4 Å². The lowest BCUT2D eigenvalue weighted by Crippen LogP contribution is -2.36. The fourth-order valence-electron chi connectivity index (χ4n) is 2.49. The lowest BCUT2D eigenvalue weighted by Gasteiger charge is -2.18. The highest BCUT2D eigenvalue weighted by molar-refractivity contribution is 5.79. The average Bonchev–Trinajstić information content (AvgIpc) is 2.65. The van der Waals surface area contributed by atoms with Crippen molar-refractivity contribution in [1.82, 2.24) is 14.5 Å². The van der Waals surface area contributed by atoms with Crippen molar-refractivity contribution in [1.29, 1.82) is 0 Å². The predicted octanol–water partition coefficient (Wildman–Crippen LogP) is 2.21. The zero-order valence-electron chi connectivity index (χ0n) is 14.6. The molecule has 0 saturated carbocycles. The molecule has 0 unspecified atom stereocenters. The number of para-hydroxylation sites is 1. The molecule has 0 saturated heterocycles. The summed E-state index contributed by atoms with van der Waals surface area (Å²) in [6.07, 6.45) is 1.21. The summed E-state index contributed by atoms with van der Waals surface area (Å²) in [6.45, 7) is 0.108. The van der Waals surface area contributed by atoms with Gasteiger partial charge in [0, 0.05) is 13.1 Å². The van der Waals surface area contributed by atoms with Crippen LogP contribution in [-0.4, -0.2) is 40.6 Å². The van der Waals surface area contributed by atoms with Gasteiger partial charge in [0.05, 0.1) is 23.8 Å². The van der Waals surface area contributed by atoms with E-state index in [9.17, 15) is 18.4 Å². The number of carbonyl (C=O) groups is 1. The number of amides is 1. The molecule has 0 atom stereocenters. The molecule has 27 heavy (non-hydrogen) atoms. The van der Waals surface area contributed by atoms with Gasteiger partial charge in [-0.1, -0.05) is 12.1 Å². The maximum Gasteiger partial charge on any atom is 0.261 e. The standard InChI is InChI=1S/C19H17F2N3O3/c1-23(8-9-27-17-5-3-2-4-15(17)21)18(25)11-24-12-22-16-10-13(20)6-7-14(16)19(24)26/h2-7,10,12H,8-9,11H2,1H3. The first-order valence-corrected chi connectivity index (χ1v) is 8.21. The van der Waals surface area contributed by atoms with E-state index in [-0.39, 0.29) is 42.3 Å². The molecular formula is C19H17F2N3O3. The third kappa shape index (κ3) is 4.28. The van der Waals surface area contributed by atoms with Crippen LogP contribution in [0.25, 0.3) is 10.9 Å². The number of halogens is 2. The first-order valence-electron chi connectivity index (χ1n) is 8.21. The molecule has 0 fully saturated rings. The van der Waals surface area contributed by atoms with Crippen molar-refractivity contribution in [3.63, 3.8) is 0 Å². The van der Waals surface area contributed by atoms with Crippen LogP contribution in [0.4, 0.5) is 8.78 Å². The Morgan fingerprint density at radius 2 is 2.00 bits per heavy atom. The van der Waals surface area contributed by atoms with Gasteiger partial charge in [-0.3, -0.25) is 14.2 Å². The van der Waals surface area contributed by atoms with Crippen LogP contribution in [0.1, 0.15) is 0 Å². The monoisotopic (exact) mass is 373 g/mol. The number of ether oxygens (including phenoxy) is 1. The van der Waals surface area contributed by atoms with E-state index < -0.39 is 17.2 Å². The molecular weight excluding hydrogens is 356 g/mol. The summed E-state index contributed by atoms with van der Waals surface area (Å²) < 4.78 is 33.2. The molecule has 0 spiro atoms. The van der Waals surface area contributed by atoms with Crippen LogP contribution in [0, 0.1) is 11.6 Å². The Labute approximate surface area is 153 Å². The van der Waals surface area contributed by atoms with Crippen LogP contribution in [-0.2, 0) is 11.3 Å². The van der Waals surface area contributed by atoms with E-state index in [1.165, 1.54) is 35.5 Å². The van der Waals surface area contributed by atoms with Crippen molar-refractivity contribution in [3.8, 4) is 5.75 Å². The molecule has 0 bridgehead atoms. The van der Waals surface area contributed by atoms with Crippen molar-refractivity contribution in [3.05, 3.63) is 70.8 Å². The molecule has 0 radical (unpaired) electrons. The number of nitrogens with zero attached hydrogens (tertiary/aromatic N) is 3. The lowest BCUT2D eigenvalue weighted by molar-refractivity contribution is -0.130. The van der Waals surface area contributed by atoms with Crippen LogP contribution in [0.2, 0.25) is 0 Å². The fourth-order valence-corrected chi connectivity index (χ4v) is 2.49. The van der Waals surface area contributed by atoms with Crippen LogP contribution < -0.4 is 10.3 Å². The first kappa shape index (κ1) is 18.5. The summed E-state index contributed by atoms with van der Waals surface area (Å²) in [5.74, 6) is -1.19. The molecule has 6 nitrogen and oxygen atoms in total. The summed E-state index contributed by atoms with van der Waals surface area (Å²) >= 11 is 0. The van der Waals surface area contributed by atoms with E-state index >= 15 is 0 Å². The van der Waals surface area contributed by atoms with Crippen molar-refractivity contribution in [2.45, 2.75) is 6.54 Å². The summed E-state index contributed by atoms with van der Waals surface area (Å²) in [4.78, 5) is 30.1. The second kappa shape index (κ2) is 7.94. The molecule has 3 rings (SSSR count). The molecule has 1 aromatic heterocycles. The Bertz CT molecular complexity index is 1040. The molecule has 140 valence electrons. The highest BCUT2D eigenvalue weighted by atomic mass is 19.1. The van der Waals surface area contributed by atoms with E-state index in [4.69, 9.17) is 4.74 Å². The van der Waals surface area contributed by atoms with Crippen molar-refractivity contribution in [2.24, 2.45) is 0 Å². The molecule has 0 aliphatic heterocycles. The van der Waals surface area contributed by atoms with Crippen LogP contribution >= 0.6 is 0 Å². The predicted molar refractivity (Wildman–Crippen MR) is 95.5 cm³/mol. The number of carbonyl (C=O) groups excluding carboxylic acids is 1. The summed E-state index contributed by atoms with van der Waals surface area (Å²) in [7, 11) is 1.56. The lowest BCUT2D eigenvalue weighted by atomic mass is 10.2. The van der Waals surface area contributed by atoms with Gasteiger partial charge in [-0.15, -0.1) is 0 Å². The Kier molecular flexibility index (Phi) is 5.44. The van der Waals surface area contributed by atoms with Gasteiger partial charge in [-0.2, -0.15) is 0 Å². The number of rotatable bonds is 6. The normalized spacial score (nSPS) is 10.8. The second-order valence-corrected chi connectivity index (χ2v) is 5.93. The van der Waals surface area contributed by atoms with E-state index in [1.54, 1.807) is 19.2 Å². The first-order chi connectivity index (χ1) is 13.0. The summed E-state index contributed by atoms with van der Waals surface area (Å²) in [5.41, 5.74) is -0.195. The van der Waals surface area contributed by atoms with Crippen LogP contribution in [0.15, 0.2) is 53.6 Å². The minimum atomic E-state index is -0.488. The number of aromatic nitrogens is 2. The Morgan fingerprint density at radius 3 is 2.78 bits per heavy atom. The Balaban J connectivity index is 1.62. The highest BCUT2D eigenvalue weighted by Crippen LogP contribution is 2.15. The minimum absolute atomic E-state index is 0.104. The third-order valence-corrected chi connectivity index (χ3v) is 4.04. The van der Waals surface area contributed by atoms with E-state index in [2.05, 4.69) is 4.98 Å². The van der Waals surface area contributed by atoms with Gasteiger partial charge >= 0.3 is 0 Å². The van der Waals surface area contributed by atoms with E-state index in [0.29, 0.717) is 0 Å². The second-order valence-electron chi connectivity index (χ2n) is 5.93. The molecule has 0 aliphatic carbocycles. The number of benzene rings is 2. The average molecular weight is 373 g/mol. The van der Waals surface area contributed by atoms with Gasteiger partial charge in [0.25, 0.3) is 5.56 Å². The van der Waals surface area contributed by atoms with Gasteiger partial charge in [-0.25, -0.2) is 13.8 Å². The van der Waals surface area contributed by atoms with Crippen LogP contribution in [0.3, 0.4) is 0 Å². The Morgan fingerprint density at radius 1 is 1.22 bits per heavy atom. The molecule has 2 aromatic carbocycles. The molecule has 3 aromatic rings. The van der Waals surface area contributed by atoms with E-state index in [0.717, 1.165) is 10.6 Å². The van der Waals surface area contributed by atoms with Gasteiger partial charge in [0.1, 0.15) is 19.0 Å². The van der Waals surface area contributed by atoms with Crippen molar-refractivity contribution >= 4 is 16.8 Å². The molecule has 8 heteroatoms. The fraction of sp³-hybridized carbons (Fsp3) is 0.211. The van der Waals surface area contributed by atoms with Gasteiger partial charge in [-0.05, 0) is 24.3 Å². The molecule has 0 aliphatic rings. The molecule has 1 heterocycles. The van der Waals surface area contributed by atoms with Gasteiger partial charge in [0.2, 0.25) is 5.91 Å². The largest absolute Gasteiger partial charge is 0.489 e. The molecule has 1 amide bonds. The van der Waals surface area contributed by atoms with Gasteiger partial charge < -0.3 is 9.64 Å². The maximum atomic E-state index is 13.5. The smallest absolute Gasteiger partial charge is 0.261 e. The highest BCUT2D eigenvalue weighted by Gasteiger charge is 2.13. The molecule has 0 N–H and O–H groups in total. The van der Waals surface area contributed by atoms with Crippen LogP contribution in [0.5, 0.6) is 5.75 Å². The third-order valence-electron chi connectivity index (χ3n) is 4.04. The zero-order chi connectivity index (χ0) is 19.4. The zero-order valence-corrected chi connectivity index (χ0v) is 14.6. The summed E-state index contributed by atoms with van der Waals surface area (Å²) in [6, 6.07) is 9.67. The van der Waals surface area contributed by atoms with Crippen molar-refractivity contribution < 1.29 is 18.3 Å². The van der Waals surface area contributed by atoms with E-state index in [1.807, 2.05) is 0 Å². The summed E-state index contributed by atoms with van der Waals surface area (Å²) in [5, 5.41) is 0.234.